The zero-order valence-corrected chi connectivity index (χ0v) is 15.6. The Bertz CT molecular complexity index is 702. The van der Waals surface area contributed by atoms with Gasteiger partial charge in [0.2, 0.25) is 0 Å². The first-order valence-electron chi connectivity index (χ1n) is 8.46. The number of nitrogens with one attached hydrogen (secondary N) is 1. The summed E-state index contributed by atoms with van der Waals surface area (Å²) in [6.07, 6.45) is 0. The van der Waals surface area contributed by atoms with Crippen molar-refractivity contribution in [1.29, 1.82) is 0 Å². The van der Waals surface area contributed by atoms with Gasteiger partial charge in [0.25, 0.3) is 5.91 Å². The van der Waals surface area contributed by atoms with Gasteiger partial charge in [-0.3, -0.25) is 4.79 Å². The van der Waals surface area contributed by atoms with Crippen LogP contribution in [0.25, 0.3) is 0 Å². The molecule has 0 radical (unpaired) electrons. The maximum absolute atomic E-state index is 12.1. The lowest BCUT2D eigenvalue weighted by Crippen LogP contribution is -2.31. The lowest BCUT2D eigenvalue weighted by atomic mass is 9.86. The van der Waals surface area contributed by atoms with Gasteiger partial charge in [0.1, 0.15) is 11.5 Å². The summed E-state index contributed by atoms with van der Waals surface area (Å²) in [6.45, 7) is 8.49. The molecule has 0 saturated heterocycles. The molecule has 0 fully saturated rings. The molecule has 2 aromatic rings. The number of methoxy groups -OCH3 is 1. The van der Waals surface area contributed by atoms with Gasteiger partial charge >= 0.3 is 0 Å². The zero-order chi connectivity index (χ0) is 18.4. The second kappa shape index (κ2) is 8.06. The normalized spacial score (nSPS) is 12.4. The van der Waals surface area contributed by atoms with Crippen LogP contribution in [-0.4, -0.2) is 19.6 Å². The fourth-order valence-corrected chi connectivity index (χ4v) is 2.48. The highest BCUT2D eigenvalue weighted by Gasteiger charge is 2.15. The van der Waals surface area contributed by atoms with Crippen molar-refractivity contribution >= 4 is 5.91 Å². The third-order valence-electron chi connectivity index (χ3n) is 4.07. The minimum absolute atomic E-state index is 0.0302. The van der Waals surface area contributed by atoms with Gasteiger partial charge in [0, 0.05) is 6.07 Å². The summed E-state index contributed by atoms with van der Waals surface area (Å²) in [5.74, 6) is 1.15. The summed E-state index contributed by atoms with van der Waals surface area (Å²) in [4.78, 5) is 12.1. The van der Waals surface area contributed by atoms with Crippen molar-refractivity contribution in [3.05, 3.63) is 59.7 Å². The average molecular weight is 341 g/mol. The van der Waals surface area contributed by atoms with Gasteiger partial charge in [0.05, 0.1) is 13.2 Å². The van der Waals surface area contributed by atoms with Gasteiger partial charge < -0.3 is 14.8 Å². The van der Waals surface area contributed by atoms with Crippen LogP contribution >= 0.6 is 0 Å². The first-order chi connectivity index (χ1) is 11.8. The lowest BCUT2D eigenvalue weighted by Gasteiger charge is -2.20. The van der Waals surface area contributed by atoms with Crippen LogP contribution in [0.3, 0.4) is 0 Å². The van der Waals surface area contributed by atoms with E-state index in [1.54, 1.807) is 19.2 Å². The van der Waals surface area contributed by atoms with E-state index in [0.29, 0.717) is 11.5 Å². The van der Waals surface area contributed by atoms with Crippen molar-refractivity contribution in [3.8, 4) is 11.5 Å². The highest BCUT2D eigenvalue weighted by molar-refractivity contribution is 5.78. The molecule has 4 heteroatoms. The van der Waals surface area contributed by atoms with Crippen molar-refractivity contribution in [1.82, 2.24) is 5.32 Å². The Hall–Kier alpha value is -2.49. The Balaban J connectivity index is 1.89. The van der Waals surface area contributed by atoms with Crippen LogP contribution in [0.1, 0.15) is 44.9 Å². The van der Waals surface area contributed by atoms with Crippen molar-refractivity contribution in [2.24, 2.45) is 0 Å². The second-order valence-electron chi connectivity index (χ2n) is 7.13. The predicted molar refractivity (Wildman–Crippen MR) is 100 cm³/mol. The predicted octanol–water partition coefficient (Wildman–Crippen LogP) is 4.25. The van der Waals surface area contributed by atoms with Gasteiger partial charge in [-0.05, 0) is 35.6 Å². The molecule has 1 atom stereocenters. The van der Waals surface area contributed by atoms with Crippen LogP contribution < -0.4 is 14.8 Å². The topological polar surface area (TPSA) is 47.6 Å². The molecule has 0 aliphatic heterocycles. The van der Waals surface area contributed by atoms with E-state index in [0.717, 1.165) is 5.56 Å². The number of carbonyl (C=O) groups excluding carboxylic acids is 1. The van der Waals surface area contributed by atoms with E-state index >= 15 is 0 Å². The highest BCUT2D eigenvalue weighted by atomic mass is 16.5. The molecule has 25 heavy (non-hydrogen) atoms. The largest absolute Gasteiger partial charge is 0.497 e. The van der Waals surface area contributed by atoms with Crippen LogP contribution in [0.2, 0.25) is 0 Å². The molecule has 0 heterocycles. The summed E-state index contributed by atoms with van der Waals surface area (Å²) in [5.41, 5.74) is 2.47. The highest BCUT2D eigenvalue weighted by Crippen LogP contribution is 2.24. The van der Waals surface area contributed by atoms with E-state index in [9.17, 15) is 4.79 Å². The van der Waals surface area contributed by atoms with E-state index < -0.39 is 0 Å². The van der Waals surface area contributed by atoms with Crippen LogP contribution in [0.5, 0.6) is 11.5 Å². The smallest absolute Gasteiger partial charge is 0.258 e. The Morgan fingerprint density at radius 2 is 1.72 bits per heavy atom. The van der Waals surface area contributed by atoms with Gasteiger partial charge in [-0.15, -0.1) is 0 Å². The SMILES string of the molecule is COc1cccc(OCC(=O)N[C@H](C)c2ccc(C(C)(C)C)cc2)c1. The molecule has 0 spiro atoms. The molecule has 0 aliphatic carbocycles. The molecule has 0 aliphatic rings. The van der Waals surface area contributed by atoms with Crippen molar-refractivity contribution < 1.29 is 14.3 Å². The van der Waals surface area contributed by atoms with Crippen LogP contribution in [0.15, 0.2) is 48.5 Å². The van der Waals surface area contributed by atoms with E-state index in [1.165, 1.54) is 5.56 Å². The molecular weight excluding hydrogens is 314 g/mol. The Kier molecular flexibility index (Phi) is 6.07. The number of hydrogen-bond acceptors (Lipinski definition) is 3. The minimum atomic E-state index is -0.157. The van der Waals surface area contributed by atoms with Crippen molar-refractivity contribution in [2.45, 2.75) is 39.2 Å². The monoisotopic (exact) mass is 341 g/mol. The molecule has 0 saturated carbocycles. The summed E-state index contributed by atoms with van der Waals surface area (Å²) < 4.78 is 10.7. The quantitative estimate of drug-likeness (QED) is 0.854. The molecule has 4 nitrogen and oxygen atoms in total. The Morgan fingerprint density at radius 3 is 2.32 bits per heavy atom. The summed E-state index contributed by atoms with van der Waals surface area (Å²) in [5, 5.41) is 2.96. The summed E-state index contributed by atoms with van der Waals surface area (Å²) in [6, 6.07) is 15.5. The molecule has 1 N–H and O–H groups in total. The molecule has 0 aromatic heterocycles. The van der Waals surface area contributed by atoms with E-state index in [-0.39, 0.29) is 24.0 Å². The number of rotatable bonds is 6. The fraction of sp³-hybridized carbons (Fsp3) is 0.381. The Morgan fingerprint density at radius 1 is 1.08 bits per heavy atom. The van der Waals surface area contributed by atoms with Crippen LogP contribution in [-0.2, 0) is 10.2 Å². The standard InChI is InChI=1S/C21H27NO3/c1-15(16-9-11-17(12-10-16)21(2,3)4)22-20(23)14-25-19-8-6-7-18(13-19)24-5/h6-13,15H,14H2,1-5H3,(H,22,23)/t15-/m1/s1. The van der Waals surface area contributed by atoms with Crippen molar-refractivity contribution in [2.75, 3.05) is 13.7 Å². The molecule has 0 bridgehead atoms. The molecular formula is C21H27NO3. The number of benzene rings is 2. The maximum Gasteiger partial charge on any atom is 0.258 e. The van der Waals surface area contributed by atoms with E-state index in [1.807, 2.05) is 19.1 Å². The first kappa shape index (κ1) is 18.8. The fourth-order valence-electron chi connectivity index (χ4n) is 2.48. The molecule has 2 aromatic carbocycles. The van der Waals surface area contributed by atoms with Crippen LogP contribution in [0, 0.1) is 0 Å². The number of hydrogen-bond donors (Lipinski definition) is 1. The van der Waals surface area contributed by atoms with Gasteiger partial charge in [-0.25, -0.2) is 0 Å². The third kappa shape index (κ3) is 5.52. The number of ether oxygens (including phenoxy) is 2. The molecule has 2 rings (SSSR count). The first-order valence-corrected chi connectivity index (χ1v) is 8.46. The Labute approximate surface area is 150 Å². The zero-order valence-electron chi connectivity index (χ0n) is 15.6. The second-order valence-corrected chi connectivity index (χ2v) is 7.13. The average Bonchev–Trinajstić information content (AvgIpc) is 2.59. The molecule has 0 unspecified atom stereocenters. The summed E-state index contributed by atoms with van der Waals surface area (Å²) in [7, 11) is 1.60. The molecule has 134 valence electrons. The number of carbonyl (C=O) groups is 1. The van der Waals surface area contributed by atoms with E-state index in [4.69, 9.17) is 9.47 Å². The lowest BCUT2D eigenvalue weighted by molar-refractivity contribution is -0.123. The maximum atomic E-state index is 12.1. The van der Waals surface area contributed by atoms with E-state index in [2.05, 4.69) is 50.4 Å². The third-order valence-corrected chi connectivity index (χ3v) is 4.07. The summed E-state index contributed by atoms with van der Waals surface area (Å²) >= 11 is 0. The minimum Gasteiger partial charge on any atom is -0.497 e. The number of amides is 1. The van der Waals surface area contributed by atoms with Gasteiger partial charge in [-0.2, -0.15) is 0 Å². The van der Waals surface area contributed by atoms with Crippen LogP contribution in [0.4, 0.5) is 0 Å². The van der Waals surface area contributed by atoms with Gasteiger partial charge in [-0.1, -0.05) is 51.1 Å². The molecule has 1 amide bonds. The van der Waals surface area contributed by atoms with Gasteiger partial charge in [0.15, 0.2) is 6.61 Å². The van der Waals surface area contributed by atoms with Crippen molar-refractivity contribution in [3.63, 3.8) is 0 Å².